The van der Waals surface area contributed by atoms with Crippen LogP contribution in [0.5, 0.6) is 0 Å². The molecule has 2 rings (SSSR count). The first-order valence-electron chi connectivity index (χ1n) is 6.78. The minimum Gasteiger partial charge on any atom is -0.379 e. The van der Waals surface area contributed by atoms with Gasteiger partial charge in [-0.15, -0.1) is 0 Å². The first kappa shape index (κ1) is 13.9. The zero-order chi connectivity index (χ0) is 11.8. The monoisotopic (exact) mass is 228 g/mol. The molecule has 0 aromatic heterocycles. The lowest BCUT2D eigenvalue weighted by Gasteiger charge is -2.24. The number of ether oxygens (including phenoxy) is 1. The van der Waals surface area contributed by atoms with Crippen LogP contribution < -0.4 is 0 Å². The van der Waals surface area contributed by atoms with Crippen LogP contribution in [0.15, 0.2) is 0 Å². The lowest BCUT2D eigenvalue weighted by atomic mass is 10.3. The Morgan fingerprint density at radius 3 is 1.88 bits per heavy atom. The summed E-state index contributed by atoms with van der Waals surface area (Å²) in [6, 6.07) is 0.775. The van der Waals surface area contributed by atoms with E-state index in [2.05, 4.69) is 30.6 Å². The number of hydrogen-bond donors (Lipinski definition) is 0. The maximum Gasteiger partial charge on any atom is 0.0594 e. The van der Waals surface area contributed by atoms with E-state index in [-0.39, 0.29) is 0 Å². The summed E-state index contributed by atoms with van der Waals surface area (Å²) in [6.45, 7) is 14.6. The molecular weight excluding hydrogens is 200 g/mol. The lowest BCUT2D eigenvalue weighted by Crippen LogP contribution is -2.35. The molecule has 0 spiro atoms. The Hall–Kier alpha value is -0.120. The third-order valence-electron chi connectivity index (χ3n) is 3.42. The van der Waals surface area contributed by atoms with Crippen molar-refractivity contribution in [2.24, 2.45) is 0 Å². The molecular formula is C13H28N2O. The van der Waals surface area contributed by atoms with Crippen molar-refractivity contribution in [1.29, 1.82) is 0 Å². The summed E-state index contributed by atoms with van der Waals surface area (Å²) in [5, 5.41) is 0. The first-order valence-corrected chi connectivity index (χ1v) is 6.78. The number of likely N-dealkylation sites (tertiary alicyclic amines) is 1. The van der Waals surface area contributed by atoms with E-state index in [4.69, 9.17) is 4.74 Å². The second-order valence-corrected chi connectivity index (χ2v) is 4.88. The van der Waals surface area contributed by atoms with Crippen LogP contribution in [-0.4, -0.2) is 61.8 Å². The van der Waals surface area contributed by atoms with Crippen LogP contribution in [0.25, 0.3) is 0 Å². The molecule has 3 nitrogen and oxygen atoms in total. The fraction of sp³-hybridized carbons (Fsp3) is 1.00. The summed E-state index contributed by atoms with van der Waals surface area (Å²) < 4.78 is 5.16. The van der Waals surface area contributed by atoms with Crippen molar-refractivity contribution in [3.8, 4) is 0 Å². The third-order valence-corrected chi connectivity index (χ3v) is 3.42. The molecule has 2 heterocycles. The van der Waals surface area contributed by atoms with E-state index < -0.39 is 0 Å². The van der Waals surface area contributed by atoms with E-state index in [1.165, 1.54) is 32.5 Å². The maximum atomic E-state index is 5.16. The number of nitrogens with zero attached hydrogens (tertiary/aromatic N) is 2. The van der Waals surface area contributed by atoms with Crippen LogP contribution in [0, 0.1) is 0 Å². The topological polar surface area (TPSA) is 15.7 Å². The van der Waals surface area contributed by atoms with Crippen molar-refractivity contribution in [2.45, 2.75) is 39.7 Å². The van der Waals surface area contributed by atoms with Crippen LogP contribution in [-0.2, 0) is 4.74 Å². The molecule has 2 fully saturated rings. The predicted molar refractivity (Wildman–Crippen MR) is 68.9 cm³/mol. The zero-order valence-electron chi connectivity index (χ0n) is 11.2. The van der Waals surface area contributed by atoms with Gasteiger partial charge in [0.2, 0.25) is 0 Å². The minimum atomic E-state index is 0.775. The highest BCUT2D eigenvalue weighted by Gasteiger charge is 2.13. The van der Waals surface area contributed by atoms with Gasteiger partial charge in [-0.1, -0.05) is 6.92 Å². The molecule has 0 N–H and O–H groups in total. The third kappa shape index (κ3) is 5.28. The van der Waals surface area contributed by atoms with Crippen molar-refractivity contribution in [2.75, 3.05) is 45.9 Å². The molecule has 0 aromatic carbocycles. The number of hydrogen-bond acceptors (Lipinski definition) is 3. The van der Waals surface area contributed by atoms with Gasteiger partial charge in [-0.3, -0.25) is 4.90 Å². The minimum absolute atomic E-state index is 0.775. The van der Waals surface area contributed by atoms with Gasteiger partial charge < -0.3 is 9.64 Å². The summed E-state index contributed by atoms with van der Waals surface area (Å²) in [5.41, 5.74) is 0. The summed E-state index contributed by atoms with van der Waals surface area (Å²) >= 11 is 0. The molecule has 0 radical (unpaired) electrons. The van der Waals surface area contributed by atoms with Crippen LogP contribution in [0.3, 0.4) is 0 Å². The number of morpholine rings is 1. The van der Waals surface area contributed by atoms with Gasteiger partial charge >= 0.3 is 0 Å². The number of likely N-dealkylation sites (N-methyl/N-ethyl adjacent to an activating group) is 1. The van der Waals surface area contributed by atoms with Gasteiger partial charge in [-0.25, -0.2) is 0 Å². The fourth-order valence-electron chi connectivity index (χ4n) is 2.18. The van der Waals surface area contributed by atoms with E-state index in [0.29, 0.717) is 0 Å². The second-order valence-electron chi connectivity index (χ2n) is 4.88. The highest BCUT2D eigenvalue weighted by atomic mass is 16.5. The highest BCUT2D eigenvalue weighted by Crippen LogP contribution is 2.09. The smallest absolute Gasteiger partial charge is 0.0594 e. The average molecular weight is 228 g/mol. The van der Waals surface area contributed by atoms with Gasteiger partial charge in [0.15, 0.2) is 0 Å². The summed E-state index contributed by atoms with van der Waals surface area (Å²) in [4.78, 5) is 4.92. The van der Waals surface area contributed by atoms with Crippen molar-refractivity contribution >= 4 is 0 Å². The van der Waals surface area contributed by atoms with Gasteiger partial charge in [0.25, 0.3) is 0 Å². The largest absolute Gasteiger partial charge is 0.379 e. The first-order chi connectivity index (χ1) is 7.74. The Kier molecular flexibility index (Phi) is 7.01. The molecule has 2 aliphatic heterocycles. The maximum absolute atomic E-state index is 5.16. The van der Waals surface area contributed by atoms with E-state index in [1.54, 1.807) is 0 Å². The summed E-state index contributed by atoms with van der Waals surface area (Å²) in [5.74, 6) is 0. The lowest BCUT2D eigenvalue weighted by molar-refractivity contribution is 0.0405. The van der Waals surface area contributed by atoms with Gasteiger partial charge in [-0.2, -0.15) is 0 Å². The molecule has 16 heavy (non-hydrogen) atoms. The molecule has 0 atom stereocenters. The quantitative estimate of drug-likeness (QED) is 0.717. The molecule has 3 heteroatoms. The van der Waals surface area contributed by atoms with E-state index in [1.807, 2.05) is 0 Å². The highest BCUT2D eigenvalue weighted by molar-refractivity contribution is 4.68. The van der Waals surface area contributed by atoms with Gasteiger partial charge in [0, 0.05) is 19.1 Å². The van der Waals surface area contributed by atoms with Gasteiger partial charge in [-0.05, 0) is 46.3 Å². The second kappa shape index (κ2) is 8.04. The SMILES string of the molecule is CC(C)N1CCCC1.CCN1CCOCC1. The van der Waals surface area contributed by atoms with Crippen molar-refractivity contribution in [3.05, 3.63) is 0 Å². The van der Waals surface area contributed by atoms with Crippen LogP contribution >= 0.6 is 0 Å². The Bertz CT molecular complexity index is 161. The van der Waals surface area contributed by atoms with Crippen LogP contribution in [0.2, 0.25) is 0 Å². The zero-order valence-corrected chi connectivity index (χ0v) is 11.2. The Morgan fingerprint density at radius 1 is 1.00 bits per heavy atom. The van der Waals surface area contributed by atoms with Crippen LogP contribution in [0.4, 0.5) is 0 Å². The molecule has 96 valence electrons. The molecule has 0 amide bonds. The van der Waals surface area contributed by atoms with Crippen molar-refractivity contribution < 1.29 is 4.74 Å². The Balaban J connectivity index is 0.000000160. The average Bonchev–Trinajstić information content (AvgIpc) is 2.85. The fourth-order valence-corrected chi connectivity index (χ4v) is 2.18. The molecule has 0 bridgehead atoms. The van der Waals surface area contributed by atoms with Gasteiger partial charge in [0.1, 0.15) is 0 Å². The number of rotatable bonds is 2. The standard InChI is InChI=1S/C7H15N.C6H13NO/c1-7(2)8-5-3-4-6-8;1-2-7-3-5-8-6-4-7/h7H,3-6H2,1-2H3;2-6H2,1H3. The normalized spacial score (nSPS) is 23.2. The molecule has 0 aromatic rings. The van der Waals surface area contributed by atoms with Crippen molar-refractivity contribution in [3.63, 3.8) is 0 Å². The molecule has 2 saturated heterocycles. The molecule has 0 unspecified atom stereocenters. The summed E-state index contributed by atoms with van der Waals surface area (Å²) in [7, 11) is 0. The predicted octanol–water partition coefficient (Wildman–Crippen LogP) is 1.83. The van der Waals surface area contributed by atoms with Crippen LogP contribution in [0.1, 0.15) is 33.6 Å². The molecule has 0 aliphatic carbocycles. The van der Waals surface area contributed by atoms with E-state index in [0.717, 1.165) is 32.3 Å². The summed E-state index contributed by atoms with van der Waals surface area (Å²) in [6.07, 6.45) is 2.83. The van der Waals surface area contributed by atoms with Crippen molar-refractivity contribution in [1.82, 2.24) is 9.80 Å². The van der Waals surface area contributed by atoms with Gasteiger partial charge in [0.05, 0.1) is 13.2 Å². The Morgan fingerprint density at radius 2 is 1.56 bits per heavy atom. The Labute approximate surface area is 101 Å². The van der Waals surface area contributed by atoms with E-state index >= 15 is 0 Å². The molecule has 0 saturated carbocycles. The molecule has 2 aliphatic rings. The van der Waals surface area contributed by atoms with E-state index in [9.17, 15) is 0 Å².